The monoisotopic (exact) mass is 366 g/mol. The molecular formula is C18H15BrN4. The van der Waals surface area contributed by atoms with Gasteiger partial charge in [0.15, 0.2) is 0 Å². The SMILES string of the molecule is CN(CCc1ccncc1)c1ncc(Br)c2c(C#N)cccc12. The van der Waals surface area contributed by atoms with E-state index in [0.717, 1.165) is 34.0 Å². The molecule has 2 aromatic heterocycles. The van der Waals surface area contributed by atoms with E-state index in [0.29, 0.717) is 5.56 Å². The number of benzene rings is 1. The number of nitrogens with zero attached hydrogens (tertiary/aromatic N) is 4. The fourth-order valence-corrected chi connectivity index (χ4v) is 3.13. The van der Waals surface area contributed by atoms with Crippen molar-refractivity contribution in [2.24, 2.45) is 0 Å². The Kier molecular flexibility index (Phi) is 4.54. The van der Waals surface area contributed by atoms with Crippen molar-refractivity contribution in [2.45, 2.75) is 6.42 Å². The topological polar surface area (TPSA) is 52.8 Å². The highest BCUT2D eigenvalue weighted by molar-refractivity contribution is 9.10. The molecule has 0 bridgehead atoms. The molecule has 0 saturated carbocycles. The Morgan fingerprint density at radius 3 is 2.74 bits per heavy atom. The van der Waals surface area contributed by atoms with Gasteiger partial charge in [-0.05, 0) is 46.1 Å². The largest absolute Gasteiger partial charge is 0.359 e. The van der Waals surface area contributed by atoms with Gasteiger partial charge in [-0.1, -0.05) is 12.1 Å². The Bertz CT molecular complexity index is 871. The molecule has 1 aromatic carbocycles. The molecule has 5 heteroatoms. The zero-order chi connectivity index (χ0) is 16.2. The van der Waals surface area contributed by atoms with Gasteiger partial charge in [-0.25, -0.2) is 4.98 Å². The number of nitriles is 1. The molecule has 2 heterocycles. The summed E-state index contributed by atoms with van der Waals surface area (Å²) >= 11 is 3.51. The number of fused-ring (bicyclic) bond motifs is 1. The highest BCUT2D eigenvalue weighted by Crippen LogP contribution is 2.32. The van der Waals surface area contributed by atoms with Crippen LogP contribution >= 0.6 is 15.9 Å². The summed E-state index contributed by atoms with van der Waals surface area (Å²) < 4.78 is 0.843. The Hall–Kier alpha value is -2.45. The lowest BCUT2D eigenvalue weighted by molar-refractivity contribution is 0.862. The fourth-order valence-electron chi connectivity index (χ4n) is 2.60. The molecule has 3 rings (SSSR count). The predicted octanol–water partition coefficient (Wildman–Crippen LogP) is 3.94. The second-order valence-electron chi connectivity index (χ2n) is 5.30. The van der Waals surface area contributed by atoms with Gasteiger partial charge in [0.2, 0.25) is 0 Å². The highest BCUT2D eigenvalue weighted by atomic mass is 79.9. The van der Waals surface area contributed by atoms with E-state index < -0.39 is 0 Å². The zero-order valence-corrected chi connectivity index (χ0v) is 14.3. The fraction of sp³-hybridized carbons (Fsp3) is 0.167. The Balaban J connectivity index is 1.94. The molecule has 0 unspecified atom stereocenters. The Morgan fingerprint density at radius 1 is 1.22 bits per heavy atom. The van der Waals surface area contributed by atoms with E-state index in [1.165, 1.54) is 5.56 Å². The third kappa shape index (κ3) is 3.17. The van der Waals surface area contributed by atoms with Crippen LogP contribution in [-0.4, -0.2) is 23.6 Å². The van der Waals surface area contributed by atoms with Crippen molar-refractivity contribution in [3.8, 4) is 6.07 Å². The predicted molar refractivity (Wildman–Crippen MR) is 95.4 cm³/mol. The maximum Gasteiger partial charge on any atom is 0.136 e. The molecular weight excluding hydrogens is 352 g/mol. The van der Waals surface area contributed by atoms with Crippen LogP contribution in [0.25, 0.3) is 10.8 Å². The van der Waals surface area contributed by atoms with Crippen molar-refractivity contribution in [3.63, 3.8) is 0 Å². The molecule has 114 valence electrons. The van der Waals surface area contributed by atoms with Crippen LogP contribution in [0, 0.1) is 11.3 Å². The zero-order valence-electron chi connectivity index (χ0n) is 12.7. The van der Waals surface area contributed by atoms with Crippen LogP contribution in [0.1, 0.15) is 11.1 Å². The van der Waals surface area contributed by atoms with Gasteiger partial charge in [-0.3, -0.25) is 4.98 Å². The third-order valence-corrected chi connectivity index (χ3v) is 4.41. The highest BCUT2D eigenvalue weighted by Gasteiger charge is 2.13. The van der Waals surface area contributed by atoms with Crippen LogP contribution in [0.4, 0.5) is 5.82 Å². The van der Waals surface area contributed by atoms with Crippen molar-refractivity contribution in [1.82, 2.24) is 9.97 Å². The van der Waals surface area contributed by atoms with Gasteiger partial charge in [0.25, 0.3) is 0 Å². The van der Waals surface area contributed by atoms with Crippen molar-refractivity contribution in [1.29, 1.82) is 5.26 Å². The number of hydrogen-bond donors (Lipinski definition) is 0. The van der Waals surface area contributed by atoms with Crippen molar-refractivity contribution >= 4 is 32.5 Å². The van der Waals surface area contributed by atoms with Crippen LogP contribution in [0.5, 0.6) is 0 Å². The number of rotatable bonds is 4. The van der Waals surface area contributed by atoms with E-state index in [-0.39, 0.29) is 0 Å². The summed E-state index contributed by atoms with van der Waals surface area (Å²) in [7, 11) is 2.02. The van der Waals surface area contributed by atoms with E-state index in [9.17, 15) is 5.26 Å². The Morgan fingerprint density at radius 2 is 2.00 bits per heavy atom. The normalized spacial score (nSPS) is 10.5. The molecule has 0 saturated heterocycles. The van der Waals surface area contributed by atoms with Crippen LogP contribution in [-0.2, 0) is 6.42 Å². The van der Waals surface area contributed by atoms with Gasteiger partial charge >= 0.3 is 0 Å². The van der Waals surface area contributed by atoms with Gasteiger partial charge in [0.05, 0.1) is 11.6 Å². The summed E-state index contributed by atoms with van der Waals surface area (Å²) in [5.74, 6) is 0.884. The molecule has 0 radical (unpaired) electrons. The summed E-state index contributed by atoms with van der Waals surface area (Å²) in [6, 6.07) is 12.0. The van der Waals surface area contributed by atoms with Gasteiger partial charge in [-0.15, -0.1) is 0 Å². The second-order valence-corrected chi connectivity index (χ2v) is 6.15. The first kappa shape index (κ1) is 15.4. The van der Waals surface area contributed by atoms with E-state index >= 15 is 0 Å². The van der Waals surface area contributed by atoms with E-state index in [1.54, 1.807) is 6.20 Å². The first-order chi connectivity index (χ1) is 11.2. The molecule has 0 fully saturated rings. The first-order valence-corrected chi connectivity index (χ1v) is 8.07. The summed E-state index contributed by atoms with van der Waals surface area (Å²) in [6.07, 6.45) is 6.29. The number of aromatic nitrogens is 2. The number of hydrogen-bond acceptors (Lipinski definition) is 4. The molecule has 0 amide bonds. The number of anilines is 1. The molecule has 0 aliphatic heterocycles. The summed E-state index contributed by atoms with van der Waals surface area (Å²) in [6.45, 7) is 0.838. The van der Waals surface area contributed by atoms with Crippen LogP contribution < -0.4 is 4.90 Å². The lowest BCUT2D eigenvalue weighted by atomic mass is 10.1. The Labute approximate surface area is 143 Å². The van der Waals surface area contributed by atoms with E-state index in [2.05, 4.69) is 36.9 Å². The van der Waals surface area contributed by atoms with Gasteiger partial charge in [0, 0.05) is 47.4 Å². The minimum atomic E-state index is 0.653. The molecule has 3 aromatic rings. The van der Waals surface area contributed by atoms with Crippen molar-refractivity contribution < 1.29 is 0 Å². The molecule has 0 spiro atoms. The first-order valence-electron chi connectivity index (χ1n) is 7.28. The summed E-state index contributed by atoms with van der Waals surface area (Å²) in [4.78, 5) is 10.7. The average Bonchev–Trinajstić information content (AvgIpc) is 2.60. The maximum atomic E-state index is 9.33. The minimum Gasteiger partial charge on any atom is -0.359 e. The molecule has 4 nitrogen and oxygen atoms in total. The van der Waals surface area contributed by atoms with E-state index in [1.807, 2.05) is 49.8 Å². The third-order valence-electron chi connectivity index (χ3n) is 3.81. The number of halogens is 1. The van der Waals surface area contributed by atoms with Crippen molar-refractivity contribution in [3.05, 3.63) is 64.5 Å². The minimum absolute atomic E-state index is 0.653. The molecule has 23 heavy (non-hydrogen) atoms. The van der Waals surface area contributed by atoms with Crippen molar-refractivity contribution in [2.75, 3.05) is 18.5 Å². The standard InChI is InChI=1S/C18H15BrN4/c1-23(10-7-13-5-8-21-9-6-13)18-15-4-2-3-14(11-20)17(15)16(19)12-22-18/h2-6,8-9,12H,7,10H2,1H3. The maximum absolute atomic E-state index is 9.33. The van der Waals surface area contributed by atoms with Gasteiger partial charge in [-0.2, -0.15) is 5.26 Å². The molecule has 0 atom stereocenters. The second kappa shape index (κ2) is 6.76. The molecule has 0 N–H and O–H groups in total. The summed E-state index contributed by atoms with van der Waals surface area (Å²) in [5.41, 5.74) is 1.89. The smallest absolute Gasteiger partial charge is 0.136 e. The molecule has 0 aliphatic rings. The lowest BCUT2D eigenvalue weighted by Crippen LogP contribution is -2.21. The van der Waals surface area contributed by atoms with Crippen LogP contribution in [0.3, 0.4) is 0 Å². The van der Waals surface area contributed by atoms with Crippen LogP contribution in [0.15, 0.2) is 53.4 Å². The number of pyridine rings is 2. The lowest BCUT2D eigenvalue weighted by Gasteiger charge is -2.20. The van der Waals surface area contributed by atoms with Gasteiger partial charge < -0.3 is 4.90 Å². The average molecular weight is 367 g/mol. The quantitative estimate of drug-likeness (QED) is 0.701. The van der Waals surface area contributed by atoms with E-state index in [4.69, 9.17) is 0 Å². The van der Waals surface area contributed by atoms with Crippen LogP contribution in [0.2, 0.25) is 0 Å². The summed E-state index contributed by atoms with van der Waals surface area (Å²) in [5, 5.41) is 11.2. The molecule has 0 aliphatic carbocycles. The van der Waals surface area contributed by atoms with Gasteiger partial charge in [0.1, 0.15) is 5.82 Å². The number of likely N-dealkylation sites (N-methyl/N-ethyl adjacent to an activating group) is 1.